The van der Waals surface area contributed by atoms with Gasteiger partial charge in [0.25, 0.3) is 5.91 Å². The predicted octanol–water partition coefficient (Wildman–Crippen LogP) is 3.18. The molecule has 1 amide bonds. The van der Waals surface area contributed by atoms with Crippen molar-refractivity contribution < 1.29 is 9.53 Å². The van der Waals surface area contributed by atoms with Gasteiger partial charge in [0.05, 0.1) is 5.57 Å². The Balaban J connectivity index is 1.38. The average molecular weight is 425 g/mol. The van der Waals surface area contributed by atoms with Crippen molar-refractivity contribution in [2.24, 2.45) is 0 Å². The Hall–Kier alpha value is -4.53. The molecular formula is C23H19N7O2. The molecule has 158 valence electrons. The van der Waals surface area contributed by atoms with E-state index in [2.05, 4.69) is 31.1 Å². The Morgan fingerprint density at radius 2 is 1.84 bits per heavy atom. The summed E-state index contributed by atoms with van der Waals surface area (Å²) in [5.74, 6) is 1.34. The molecule has 1 unspecified atom stereocenters. The molecule has 2 N–H and O–H groups in total. The highest BCUT2D eigenvalue weighted by molar-refractivity contribution is 6.04. The van der Waals surface area contributed by atoms with E-state index >= 15 is 0 Å². The number of hydrogen-bond donors (Lipinski definition) is 2. The van der Waals surface area contributed by atoms with Crippen molar-refractivity contribution in [3.8, 4) is 5.75 Å². The second-order valence-electron chi connectivity index (χ2n) is 7.11. The van der Waals surface area contributed by atoms with Crippen LogP contribution in [0.3, 0.4) is 0 Å². The van der Waals surface area contributed by atoms with Crippen LogP contribution in [0.1, 0.15) is 17.2 Å². The highest BCUT2D eigenvalue weighted by Gasteiger charge is 2.31. The van der Waals surface area contributed by atoms with E-state index in [4.69, 9.17) is 4.74 Å². The molecule has 1 aliphatic heterocycles. The molecule has 0 spiro atoms. The number of anilines is 2. The molecule has 2 aromatic heterocycles. The number of rotatable bonds is 6. The molecule has 0 saturated heterocycles. The van der Waals surface area contributed by atoms with Gasteiger partial charge in [0.1, 0.15) is 24.2 Å². The van der Waals surface area contributed by atoms with Gasteiger partial charge >= 0.3 is 0 Å². The Bertz CT molecular complexity index is 1240. The first-order chi connectivity index (χ1) is 15.8. The topological polar surface area (TPSA) is 107 Å². The summed E-state index contributed by atoms with van der Waals surface area (Å²) in [6.45, 7) is 0.475. The summed E-state index contributed by atoms with van der Waals surface area (Å²) < 4.78 is 7.46. The van der Waals surface area contributed by atoms with Gasteiger partial charge in [-0.25, -0.2) is 4.98 Å². The lowest BCUT2D eigenvalue weighted by Crippen LogP contribution is -2.29. The number of carbonyl (C=O) groups is 1. The Morgan fingerprint density at radius 1 is 1.03 bits per heavy atom. The fraction of sp³-hybridized carbons (Fsp3) is 0.0870. The minimum atomic E-state index is -0.506. The van der Waals surface area contributed by atoms with Gasteiger partial charge < -0.3 is 15.4 Å². The van der Waals surface area contributed by atoms with Gasteiger partial charge in [0.2, 0.25) is 5.95 Å². The quantitative estimate of drug-likeness (QED) is 0.489. The summed E-state index contributed by atoms with van der Waals surface area (Å²) in [7, 11) is 0. The van der Waals surface area contributed by atoms with Crippen molar-refractivity contribution in [3.63, 3.8) is 0 Å². The van der Waals surface area contributed by atoms with Crippen LogP contribution >= 0.6 is 0 Å². The van der Waals surface area contributed by atoms with E-state index < -0.39 is 6.04 Å². The van der Waals surface area contributed by atoms with E-state index in [0.29, 0.717) is 23.9 Å². The highest BCUT2D eigenvalue weighted by Crippen LogP contribution is 2.32. The molecule has 9 nitrogen and oxygen atoms in total. The maximum atomic E-state index is 13.0. The van der Waals surface area contributed by atoms with Crippen LogP contribution in [0.2, 0.25) is 0 Å². The van der Waals surface area contributed by atoms with Crippen molar-refractivity contribution in [3.05, 3.63) is 102 Å². The number of ether oxygens (including phenoxy) is 1. The first-order valence-corrected chi connectivity index (χ1v) is 10.0. The van der Waals surface area contributed by atoms with Crippen molar-refractivity contribution in [2.75, 3.05) is 10.6 Å². The molecule has 0 saturated carbocycles. The number of carbonyl (C=O) groups excluding carboxylic acids is 1. The standard InChI is InChI=1S/C23H19N7O2/c31-22(26-20-8-4-5-13-24-20)19-14-25-23-27-28-29-30(23)21(19)17-9-11-18(12-10-17)32-15-16-6-2-1-3-7-16/h1-14,21H,15H2,(H,24,26,31)(H,25,27,29). The van der Waals surface area contributed by atoms with Crippen LogP contribution in [-0.4, -0.2) is 31.1 Å². The molecule has 9 heteroatoms. The molecule has 4 aromatic rings. The molecule has 2 aromatic carbocycles. The molecule has 0 fully saturated rings. The Kier molecular flexibility index (Phi) is 5.27. The van der Waals surface area contributed by atoms with Crippen molar-refractivity contribution in [2.45, 2.75) is 12.6 Å². The third-order valence-electron chi connectivity index (χ3n) is 5.00. The van der Waals surface area contributed by atoms with Crippen molar-refractivity contribution in [1.82, 2.24) is 25.2 Å². The average Bonchev–Trinajstić information content (AvgIpc) is 3.33. The van der Waals surface area contributed by atoms with Gasteiger partial charge in [-0.2, -0.15) is 4.68 Å². The fourth-order valence-corrected chi connectivity index (χ4v) is 3.44. The maximum Gasteiger partial charge on any atom is 0.256 e. The molecule has 5 rings (SSSR count). The second kappa shape index (κ2) is 8.68. The molecule has 0 bridgehead atoms. The van der Waals surface area contributed by atoms with Crippen LogP contribution in [-0.2, 0) is 11.4 Å². The van der Waals surface area contributed by atoms with Gasteiger partial charge in [-0.05, 0) is 45.8 Å². The largest absolute Gasteiger partial charge is 0.489 e. The van der Waals surface area contributed by atoms with Crippen LogP contribution in [0.4, 0.5) is 11.8 Å². The third kappa shape index (κ3) is 4.04. The number of fused-ring (bicyclic) bond motifs is 1. The van der Waals surface area contributed by atoms with Gasteiger partial charge in [0.15, 0.2) is 0 Å². The number of nitrogens with zero attached hydrogens (tertiary/aromatic N) is 5. The molecule has 0 aliphatic carbocycles. The summed E-state index contributed by atoms with van der Waals surface area (Å²) in [6.07, 6.45) is 3.24. The van der Waals surface area contributed by atoms with Gasteiger partial charge in [-0.1, -0.05) is 53.6 Å². The Morgan fingerprint density at radius 3 is 2.62 bits per heavy atom. The van der Waals surface area contributed by atoms with E-state index in [1.165, 1.54) is 0 Å². The number of amides is 1. The zero-order chi connectivity index (χ0) is 21.8. The maximum absolute atomic E-state index is 13.0. The lowest BCUT2D eigenvalue weighted by molar-refractivity contribution is -0.113. The molecule has 32 heavy (non-hydrogen) atoms. The minimum absolute atomic E-state index is 0.299. The van der Waals surface area contributed by atoms with Crippen LogP contribution in [0.25, 0.3) is 0 Å². The fourth-order valence-electron chi connectivity index (χ4n) is 3.44. The van der Waals surface area contributed by atoms with Crippen molar-refractivity contribution in [1.29, 1.82) is 0 Å². The van der Waals surface area contributed by atoms with E-state index in [1.807, 2.05) is 54.6 Å². The lowest BCUT2D eigenvalue weighted by atomic mass is 9.97. The summed E-state index contributed by atoms with van der Waals surface area (Å²) in [5, 5.41) is 17.6. The van der Waals surface area contributed by atoms with Gasteiger partial charge in [-0.15, -0.1) is 0 Å². The van der Waals surface area contributed by atoms with Gasteiger partial charge in [-0.3, -0.25) is 4.79 Å². The zero-order valence-electron chi connectivity index (χ0n) is 16.9. The number of pyridine rings is 1. The summed E-state index contributed by atoms with van der Waals surface area (Å²) in [6, 6.07) is 22.3. The number of hydrogen-bond acceptors (Lipinski definition) is 7. The van der Waals surface area contributed by atoms with Crippen molar-refractivity contribution >= 4 is 17.7 Å². The van der Waals surface area contributed by atoms with Crippen LogP contribution < -0.4 is 15.4 Å². The van der Waals surface area contributed by atoms with Crippen LogP contribution in [0.15, 0.2) is 90.8 Å². The molecule has 1 atom stereocenters. The van der Waals surface area contributed by atoms with E-state index in [-0.39, 0.29) is 5.91 Å². The molecular weight excluding hydrogens is 406 g/mol. The van der Waals surface area contributed by atoms with E-state index in [9.17, 15) is 4.79 Å². The lowest BCUT2D eigenvalue weighted by Gasteiger charge is -2.25. The highest BCUT2D eigenvalue weighted by atomic mass is 16.5. The first kappa shape index (κ1) is 19.4. The minimum Gasteiger partial charge on any atom is -0.489 e. The molecule has 3 heterocycles. The monoisotopic (exact) mass is 425 g/mol. The molecule has 1 aliphatic rings. The summed E-state index contributed by atoms with van der Waals surface area (Å²) >= 11 is 0. The number of nitrogens with one attached hydrogen (secondary N) is 2. The third-order valence-corrected chi connectivity index (χ3v) is 5.00. The number of aromatic nitrogens is 5. The normalized spacial score (nSPS) is 14.6. The van der Waals surface area contributed by atoms with Crippen LogP contribution in [0.5, 0.6) is 5.75 Å². The molecule has 0 radical (unpaired) electrons. The number of benzene rings is 2. The van der Waals surface area contributed by atoms with E-state index in [0.717, 1.165) is 16.9 Å². The smallest absolute Gasteiger partial charge is 0.256 e. The second-order valence-corrected chi connectivity index (χ2v) is 7.11. The van der Waals surface area contributed by atoms with Crippen LogP contribution in [0, 0.1) is 0 Å². The Labute approximate surface area is 183 Å². The number of tetrazole rings is 1. The zero-order valence-corrected chi connectivity index (χ0v) is 16.9. The summed E-state index contributed by atoms with van der Waals surface area (Å²) in [4.78, 5) is 17.2. The van der Waals surface area contributed by atoms with Gasteiger partial charge in [0, 0.05) is 12.4 Å². The summed E-state index contributed by atoms with van der Waals surface area (Å²) in [5.41, 5.74) is 2.38. The van der Waals surface area contributed by atoms with E-state index in [1.54, 1.807) is 35.3 Å². The predicted molar refractivity (Wildman–Crippen MR) is 118 cm³/mol. The SMILES string of the molecule is O=C(Nc1ccccn1)C1=CNc2nnnn2C1c1ccc(OCc2ccccc2)cc1. The first-order valence-electron chi connectivity index (χ1n) is 10.0.